The van der Waals surface area contributed by atoms with Gasteiger partial charge < -0.3 is 19.4 Å². The number of hydrogen-bond acceptors (Lipinski definition) is 4. The predicted octanol–water partition coefficient (Wildman–Crippen LogP) is 0.428. The van der Waals surface area contributed by atoms with E-state index in [2.05, 4.69) is 15.9 Å². The van der Waals surface area contributed by atoms with Crippen molar-refractivity contribution in [1.82, 2.24) is 0 Å². The van der Waals surface area contributed by atoms with Crippen molar-refractivity contribution in [3.8, 4) is 0 Å². The first-order valence-electron chi connectivity index (χ1n) is 6.14. The summed E-state index contributed by atoms with van der Waals surface area (Å²) in [6, 6.07) is 5.19. The third kappa shape index (κ3) is 2.90. The molecule has 0 spiro atoms. The van der Waals surface area contributed by atoms with Gasteiger partial charge in [-0.3, -0.25) is 0 Å². The maximum atomic E-state index is 9.27. The Morgan fingerprint density at radius 1 is 1.05 bits per heavy atom. The van der Waals surface area contributed by atoms with Crippen LogP contribution in [-0.4, -0.2) is 35.5 Å². The smallest absolute Gasteiger partial charge is 0.423 e. The van der Waals surface area contributed by atoms with Crippen LogP contribution in [0.3, 0.4) is 0 Å². The molecule has 1 aliphatic rings. The van der Waals surface area contributed by atoms with Gasteiger partial charge in [0.15, 0.2) is 0 Å². The van der Waals surface area contributed by atoms with E-state index in [1.165, 1.54) is 0 Å². The molecule has 1 saturated heterocycles. The zero-order valence-electron chi connectivity index (χ0n) is 11.5. The van der Waals surface area contributed by atoms with Crippen molar-refractivity contribution in [2.45, 2.75) is 38.9 Å². The van der Waals surface area contributed by atoms with Crippen LogP contribution < -0.4 is 10.9 Å². The van der Waals surface area contributed by atoms with Gasteiger partial charge in [0.05, 0.1) is 11.2 Å². The van der Waals surface area contributed by atoms with Crippen LogP contribution in [0.15, 0.2) is 22.7 Å². The summed E-state index contributed by atoms with van der Waals surface area (Å²) in [6.07, 6.45) is 0. The van der Waals surface area contributed by atoms with Crippen molar-refractivity contribution >= 4 is 41.1 Å². The average Bonchev–Trinajstić information content (AvgIpc) is 2.47. The summed E-state index contributed by atoms with van der Waals surface area (Å²) in [4.78, 5) is 0. The number of rotatable bonds is 2. The highest BCUT2D eigenvalue weighted by molar-refractivity contribution is 9.10. The molecular formula is C12H17B2BrO4. The van der Waals surface area contributed by atoms with Gasteiger partial charge >= 0.3 is 14.2 Å². The summed E-state index contributed by atoms with van der Waals surface area (Å²) in [5.74, 6) is 0. The predicted molar refractivity (Wildman–Crippen MR) is 79.7 cm³/mol. The van der Waals surface area contributed by atoms with Gasteiger partial charge in [0.25, 0.3) is 0 Å². The molecule has 0 unspecified atom stereocenters. The minimum absolute atomic E-state index is 0.402. The minimum atomic E-state index is -1.52. The van der Waals surface area contributed by atoms with Crippen LogP contribution in [0.25, 0.3) is 0 Å². The van der Waals surface area contributed by atoms with Crippen molar-refractivity contribution < 1.29 is 19.4 Å². The van der Waals surface area contributed by atoms with Crippen molar-refractivity contribution in [3.63, 3.8) is 0 Å². The van der Waals surface area contributed by atoms with E-state index in [0.717, 1.165) is 9.94 Å². The largest absolute Gasteiger partial charge is 0.494 e. The molecule has 0 radical (unpaired) electrons. The number of hydrogen-bond donors (Lipinski definition) is 2. The van der Waals surface area contributed by atoms with Gasteiger partial charge in [0, 0.05) is 4.47 Å². The Kier molecular flexibility index (Phi) is 3.88. The summed E-state index contributed by atoms with van der Waals surface area (Å²) < 4.78 is 12.6. The molecule has 102 valence electrons. The van der Waals surface area contributed by atoms with Crippen LogP contribution in [0.4, 0.5) is 0 Å². The van der Waals surface area contributed by atoms with Crippen LogP contribution in [0.1, 0.15) is 27.7 Å². The Balaban J connectivity index is 2.34. The normalized spacial score (nSPS) is 20.7. The topological polar surface area (TPSA) is 58.9 Å². The second kappa shape index (κ2) is 4.90. The Labute approximate surface area is 122 Å². The van der Waals surface area contributed by atoms with Gasteiger partial charge in [0.1, 0.15) is 0 Å². The summed E-state index contributed by atoms with van der Waals surface area (Å²) in [7, 11) is -2.03. The van der Waals surface area contributed by atoms with Gasteiger partial charge in [-0.05, 0) is 50.8 Å². The molecule has 2 rings (SSSR count). The molecule has 19 heavy (non-hydrogen) atoms. The first kappa shape index (κ1) is 15.1. The van der Waals surface area contributed by atoms with E-state index >= 15 is 0 Å². The molecule has 1 fully saturated rings. The van der Waals surface area contributed by atoms with Crippen LogP contribution in [0, 0.1) is 0 Å². The molecule has 1 aromatic carbocycles. The molecule has 0 aromatic heterocycles. The Morgan fingerprint density at radius 3 is 2.05 bits per heavy atom. The first-order valence-corrected chi connectivity index (χ1v) is 6.94. The van der Waals surface area contributed by atoms with Gasteiger partial charge in [-0.2, -0.15) is 0 Å². The van der Waals surface area contributed by atoms with Gasteiger partial charge in [-0.1, -0.05) is 22.0 Å². The van der Waals surface area contributed by atoms with Crippen molar-refractivity contribution in [1.29, 1.82) is 0 Å². The number of benzene rings is 1. The highest BCUT2D eigenvalue weighted by Gasteiger charge is 2.51. The summed E-state index contributed by atoms with van der Waals surface area (Å²) >= 11 is 3.35. The molecule has 7 heteroatoms. The Morgan fingerprint density at radius 2 is 1.58 bits per heavy atom. The SMILES string of the molecule is CC1(C)OB(c2cc(Br)cc(B(O)O)c2)OC1(C)C. The van der Waals surface area contributed by atoms with Crippen LogP contribution >= 0.6 is 15.9 Å². The summed E-state index contributed by atoms with van der Waals surface area (Å²) in [6.45, 7) is 7.92. The van der Waals surface area contributed by atoms with Crippen molar-refractivity contribution in [2.24, 2.45) is 0 Å². The first-order chi connectivity index (χ1) is 8.62. The number of halogens is 1. The zero-order valence-corrected chi connectivity index (χ0v) is 13.1. The lowest BCUT2D eigenvalue weighted by atomic mass is 9.72. The fraction of sp³-hybridized carbons (Fsp3) is 0.500. The lowest BCUT2D eigenvalue weighted by molar-refractivity contribution is 0.00578. The fourth-order valence-corrected chi connectivity index (χ4v) is 2.43. The minimum Gasteiger partial charge on any atom is -0.423 e. The maximum Gasteiger partial charge on any atom is 0.494 e. The molecule has 0 atom stereocenters. The van der Waals surface area contributed by atoms with E-state index in [1.807, 2.05) is 33.8 Å². The standard InChI is InChI=1S/C12H17B2BrO4/c1-11(2)12(3,4)19-14(18-11)9-5-8(13(16)17)6-10(15)7-9/h5-7,16-17H,1-4H3. The fourth-order valence-electron chi connectivity index (χ4n) is 1.90. The summed E-state index contributed by atoms with van der Waals surface area (Å²) in [5, 5.41) is 18.5. The van der Waals surface area contributed by atoms with Gasteiger partial charge in [0.2, 0.25) is 0 Å². The molecule has 0 saturated carbocycles. The lowest BCUT2D eigenvalue weighted by Crippen LogP contribution is -2.41. The maximum absolute atomic E-state index is 9.27. The average molecular weight is 327 g/mol. The van der Waals surface area contributed by atoms with E-state index in [4.69, 9.17) is 9.31 Å². The highest BCUT2D eigenvalue weighted by Crippen LogP contribution is 2.36. The zero-order chi connectivity index (χ0) is 14.4. The third-order valence-electron chi connectivity index (χ3n) is 3.77. The van der Waals surface area contributed by atoms with E-state index in [0.29, 0.717) is 5.46 Å². The lowest BCUT2D eigenvalue weighted by Gasteiger charge is -2.32. The van der Waals surface area contributed by atoms with Crippen LogP contribution in [0.2, 0.25) is 0 Å². The Hall–Kier alpha value is -0.330. The van der Waals surface area contributed by atoms with Crippen LogP contribution in [-0.2, 0) is 9.31 Å². The molecule has 1 aliphatic heterocycles. The quantitative estimate of drug-likeness (QED) is 0.774. The molecule has 2 N–H and O–H groups in total. The highest BCUT2D eigenvalue weighted by atomic mass is 79.9. The van der Waals surface area contributed by atoms with Gasteiger partial charge in [-0.15, -0.1) is 0 Å². The van der Waals surface area contributed by atoms with Crippen molar-refractivity contribution in [3.05, 3.63) is 22.7 Å². The second-order valence-corrected chi connectivity index (χ2v) is 6.70. The van der Waals surface area contributed by atoms with E-state index in [1.54, 1.807) is 12.1 Å². The van der Waals surface area contributed by atoms with E-state index < -0.39 is 25.4 Å². The van der Waals surface area contributed by atoms with E-state index in [9.17, 15) is 10.0 Å². The molecule has 0 aliphatic carbocycles. The molecule has 0 bridgehead atoms. The summed E-state index contributed by atoms with van der Waals surface area (Å²) in [5.41, 5.74) is 0.325. The van der Waals surface area contributed by atoms with E-state index in [-0.39, 0.29) is 0 Å². The van der Waals surface area contributed by atoms with Crippen LogP contribution in [0.5, 0.6) is 0 Å². The molecule has 0 amide bonds. The molecule has 4 nitrogen and oxygen atoms in total. The Bertz CT molecular complexity index is 475. The third-order valence-corrected chi connectivity index (χ3v) is 4.22. The molecule has 1 heterocycles. The molecule has 1 aromatic rings. The van der Waals surface area contributed by atoms with Gasteiger partial charge in [-0.25, -0.2) is 0 Å². The second-order valence-electron chi connectivity index (χ2n) is 5.78. The molecular weight excluding hydrogens is 310 g/mol. The monoisotopic (exact) mass is 326 g/mol. The van der Waals surface area contributed by atoms with Crippen molar-refractivity contribution in [2.75, 3.05) is 0 Å².